The molecule has 2 aromatic heterocycles. The van der Waals surface area contributed by atoms with Crippen LogP contribution in [0.3, 0.4) is 0 Å². The third-order valence-corrected chi connectivity index (χ3v) is 5.23. The lowest BCUT2D eigenvalue weighted by molar-refractivity contribution is 0.0563. The van der Waals surface area contributed by atoms with Crippen LogP contribution in [-0.4, -0.2) is 68.9 Å². The van der Waals surface area contributed by atoms with Gasteiger partial charge in [-0.15, -0.1) is 0 Å². The Hall–Kier alpha value is -3.55. The van der Waals surface area contributed by atoms with Crippen LogP contribution in [0.5, 0.6) is 0 Å². The number of carbonyl (C=O) groups excluding carboxylic acids is 2. The number of para-hydroxylation sites is 1. The molecule has 0 saturated carbocycles. The number of benzene rings is 1. The summed E-state index contributed by atoms with van der Waals surface area (Å²) in [5.41, 5.74) is 3.00. The first-order valence-electron chi connectivity index (χ1n) is 10.1. The van der Waals surface area contributed by atoms with Gasteiger partial charge in [-0.1, -0.05) is 18.2 Å². The number of nitrogens with zero attached hydrogens (tertiary/aromatic N) is 5. The molecule has 3 heterocycles. The zero-order valence-electron chi connectivity index (χ0n) is 17.2. The maximum atomic E-state index is 13.4. The van der Waals surface area contributed by atoms with Gasteiger partial charge in [0.1, 0.15) is 11.4 Å². The van der Waals surface area contributed by atoms with Gasteiger partial charge in [-0.25, -0.2) is 9.48 Å². The Balaban J connectivity index is 1.61. The first-order chi connectivity index (χ1) is 14.6. The first kappa shape index (κ1) is 19.8. The molecule has 0 unspecified atom stereocenters. The van der Waals surface area contributed by atoms with Crippen molar-refractivity contribution in [3.63, 3.8) is 0 Å². The predicted molar refractivity (Wildman–Crippen MR) is 112 cm³/mol. The molecule has 4 rings (SSSR count). The zero-order valence-corrected chi connectivity index (χ0v) is 17.2. The smallest absolute Gasteiger partial charge is 0.409 e. The van der Waals surface area contributed by atoms with Crippen LogP contribution in [0.1, 0.15) is 17.4 Å². The molecular weight excluding hydrogens is 382 g/mol. The van der Waals surface area contributed by atoms with E-state index >= 15 is 0 Å². The van der Waals surface area contributed by atoms with Crippen LogP contribution >= 0.6 is 0 Å². The van der Waals surface area contributed by atoms with Crippen LogP contribution in [-0.2, 0) is 11.8 Å². The number of piperazine rings is 1. The number of hydrogen-bond donors (Lipinski definition) is 0. The number of carbonyl (C=O) groups is 2. The monoisotopic (exact) mass is 407 g/mol. The average Bonchev–Trinajstić information content (AvgIpc) is 3.40. The molecule has 30 heavy (non-hydrogen) atoms. The molecule has 0 atom stereocenters. The summed E-state index contributed by atoms with van der Waals surface area (Å²) >= 11 is 0. The van der Waals surface area contributed by atoms with Gasteiger partial charge < -0.3 is 19.1 Å². The second kappa shape index (κ2) is 8.44. The largest absolute Gasteiger partial charge is 0.450 e. The van der Waals surface area contributed by atoms with E-state index in [2.05, 4.69) is 0 Å². The van der Waals surface area contributed by atoms with E-state index < -0.39 is 0 Å². The number of ether oxygens (including phenoxy) is 1. The van der Waals surface area contributed by atoms with Gasteiger partial charge in [-0.2, -0.15) is 5.10 Å². The maximum Gasteiger partial charge on any atom is 0.409 e. The Morgan fingerprint density at radius 1 is 1.00 bits per heavy atom. The van der Waals surface area contributed by atoms with Crippen LogP contribution in [0, 0.1) is 0 Å². The van der Waals surface area contributed by atoms with E-state index in [4.69, 9.17) is 9.84 Å². The van der Waals surface area contributed by atoms with Crippen LogP contribution < -0.4 is 0 Å². The Kier molecular flexibility index (Phi) is 5.56. The summed E-state index contributed by atoms with van der Waals surface area (Å²) in [6, 6.07) is 15.4. The van der Waals surface area contributed by atoms with Crippen molar-refractivity contribution in [2.75, 3.05) is 32.8 Å². The van der Waals surface area contributed by atoms with Crippen molar-refractivity contribution < 1.29 is 14.3 Å². The number of hydrogen-bond acceptors (Lipinski definition) is 4. The molecule has 1 saturated heterocycles. The van der Waals surface area contributed by atoms with Crippen molar-refractivity contribution >= 4 is 12.0 Å². The summed E-state index contributed by atoms with van der Waals surface area (Å²) in [6.45, 7) is 3.94. The van der Waals surface area contributed by atoms with Crippen LogP contribution in [0.15, 0.2) is 54.7 Å². The van der Waals surface area contributed by atoms with Gasteiger partial charge in [-0.05, 0) is 37.3 Å². The second-order valence-corrected chi connectivity index (χ2v) is 7.14. The topological polar surface area (TPSA) is 72.6 Å². The minimum Gasteiger partial charge on any atom is -0.450 e. The molecule has 3 aromatic rings. The van der Waals surface area contributed by atoms with Gasteiger partial charge in [0.05, 0.1) is 18.0 Å². The lowest BCUT2D eigenvalue weighted by Crippen LogP contribution is -2.51. The normalized spacial score (nSPS) is 14.1. The molecule has 2 amide bonds. The fraction of sp³-hybridized carbons (Fsp3) is 0.318. The van der Waals surface area contributed by atoms with Crippen molar-refractivity contribution in [3.05, 3.63) is 60.4 Å². The van der Waals surface area contributed by atoms with E-state index in [-0.39, 0.29) is 12.0 Å². The van der Waals surface area contributed by atoms with E-state index in [1.807, 2.05) is 66.3 Å². The quantitative estimate of drug-likeness (QED) is 0.667. The summed E-state index contributed by atoms with van der Waals surface area (Å²) < 4.78 is 8.73. The molecule has 156 valence electrons. The number of aryl methyl sites for hydroxylation is 1. The fourth-order valence-corrected chi connectivity index (χ4v) is 3.62. The highest BCUT2D eigenvalue weighted by atomic mass is 16.6. The summed E-state index contributed by atoms with van der Waals surface area (Å²) in [4.78, 5) is 28.7. The minimum absolute atomic E-state index is 0.102. The van der Waals surface area contributed by atoms with Gasteiger partial charge in [0.25, 0.3) is 5.91 Å². The highest BCUT2D eigenvalue weighted by Gasteiger charge is 2.28. The van der Waals surface area contributed by atoms with Crippen molar-refractivity contribution in [2.24, 2.45) is 7.05 Å². The number of amides is 2. The Morgan fingerprint density at radius 2 is 1.70 bits per heavy atom. The van der Waals surface area contributed by atoms with Gasteiger partial charge in [0.2, 0.25) is 0 Å². The first-order valence-corrected chi connectivity index (χ1v) is 10.1. The van der Waals surface area contributed by atoms with Crippen molar-refractivity contribution in [2.45, 2.75) is 6.92 Å². The lowest BCUT2D eigenvalue weighted by Gasteiger charge is -2.34. The van der Waals surface area contributed by atoms with Crippen molar-refractivity contribution in [3.8, 4) is 17.1 Å². The molecule has 0 bridgehead atoms. The Bertz CT molecular complexity index is 1030. The molecule has 1 fully saturated rings. The summed E-state index contributed by atoms with van der Waals surface area (Å²) in [6.07, 6.45) is 1.62. The average molecular weight is 407 g/mol. The molecule has 0 radical (unpaired) electrons. The van der Waals surface area contributed by atoms with E-state index in [1.165, 1.54) is 0 Å². The third-order valence-electron chi connectivity index (χ3n) is 5.23. The number of rotatable bonds is 4. The molecule has 0 N–H and O–H groups in total. The molecule has 0 aliphatic carbocycles. The van der Waals surface area contributed by atoms with Crippen LogP contribution in [0.4, 0.5) is 4.79 Å². The molecule has 1 aliphatic rings. The highest BCUT2D eigenvalue weighted by Crippen LogP contribution is 2.23. The second-order valence-electron chi connectivity index (χ2n) is 7.14. The molecule has 1 aromatic carbocycles. The highest BCUT2D eigenvalue weighted by molar-refractivity contribution is 5.94. The molecule has 8 nitrogen and oxygen atoms in total. The summed E-state index contributed by atoms with van der Waals surface area (Å²) in [7, 11) is 1.95. The molecular formula is C22H25N5O3. The van der Waals surface area contributed by atoms with Gasteiger partial charge in [0.15, 0.2) is 0 Å². The maximum absolute atomic E-state index is 13.4. The summed E-state index contributed by atoms with van der Waals surface area (Å²) in [5, 5.41) is 4.73. The summed E-state index contributed by atoms with van der Waals surface area (Å²) in [5.74, 6) is -0.102. The van der Waals surface area contributed by atoms with Crippen molar-refractivity contribution in [1.29, 1.82) is 0 Å². The zero-order chi connectivity index (χ0) is 21.1. The van der Waals surface area contributed by atoms with Crippen LogP contribution in [0.2, 0.25) is 0 Å². The standard InChI is InChI=1S/C22H25N5O3/c1-3-30-22(29)26-14-12-25(13-15-26)21(28)20-16-18(19-10-7-11-24(19)2)23-27(20)17-8-5-4-6-9-17/h4-11,16H,3,12-15H2,1-2H3. The SMILES string of the molecule is CCOC(=O)N1CCN(C(=O)c2cc(-c3cccn3C)nn2-c2ccccc2)CC1. The third kappa shape index (κ3) is 3.80. The Labute approximate surface area is 175 Å². The van der Waals surface area contributed by atoms with E-state index in [9.17, 15) is 9.59 Å². The molecule has 1 aliphatic heterocycles. The lowest BCUT2D eigenvalue weighted by atomic mass is 10.2. The predicted octanol–water partition coefficient (Wildman–Crippen LogP) is 2.79. The van der Waals surface area contributed by atoms with E-state index in [1.54, 1.807) is 21.4 Å². The van der Waals surface area contributed by atoms with Gasteiger partial charge in [0, 0.05) is 39.4 Å². The van der Waals surface area contributed by atoms with Gasteiger partial charge >= 0.3 is 6.09 Å². The van der Waals surface area contributed by atoms with Gasteiger partial charge in [-0.3, -0.25) is 4.79 Å². The minimum atomic E-state index is -0.329. The van der Waals surface area contributed by atoms with Crippen LogP contribution in [0.25, 0.3) is 17.1 Å². The Morgan fingerprint density at radius 3 is 2.33 bits per heavy atom. The van der Waals surface area contributed by atoms with Crippen molar-refractivity contribution in [1.82, 2.24) is 24.1 Å². The number of aromatic nitrogens is 3. The fourth-order valence-electron chi connectivity index (χ4n) is 3.62. The van der Waals surface area contributed by atoms with E-state index in [0.717, 1.165) is 17.1 Å². The molecule has 8 heteroatoms. The molecule has 0 spiro atoms. The van der Waals surface area contributed by atoms with E-state index in [0.29, 0.717) is 38.5 Å².